The fraction of sp³-hybridized carbons (Fsp3) is 0.105. The summed E-state index contributed by atoms with van der Waals surface area (Å²) < 4.78 is 2.32. The number of thiophene rings is 1. The zero-order valence-electron chi connectivity index (χ0n) is 24.2. The van der Waals surface area contributed by atoms with Crippen LogP contribution < -0.4 is 0 Å². The lowest BCUT2D eigenvalue weighted by Gasteiger charge is -2.15. The Morgan fingerprint density at radius 3 is 2.21 bits per heavy atom. The zero-order chi connectivity index (χ0) is 29.1. The first-order chi connectivity index (χ1) is 21.0. The average molecular weight is 573 g/mol. The molecular weight excluding hydrogens is 545 g/mol. The lowest BCUT2D eigenvalue weighted by Crippen LogP contribution is -1.98. The van der Waals surface area contributed by atoms with E-state index < -0.39 is 0 Å². The van der Waals surface area contributed by atoms with Crippen LogP contribution >= 0.6 is 11.3 Å². The van der Waals surface area contributed by atoms with E-state index in [1.165, 1.54) is 4.70 Å². The number of pyridine rings is 2. The number of hydrogen-bond donors (Lipinski definition) is 0. The second-order valence-electron chi connectivity index (χ2n) is 11.4. The summed E-state index contributed by atoms with van der Waals surface area (Å²) in [6.45, 7) is 6.43. The van der Waals surface area contributed by atoms with Gasteiger partial charge in [-0.2, -0.15) is 0 Å². The summed E-state index contributed by atoms with van der Waals surface area (Å²) in [5.41, 5.74) is 10.3. The number of nitrogens with zero attached hydrogens (tertiary/aromatic N) is 4. The minimum Gasteiger partial charge on any atom is -0.251 e. The van der Waals surface area contributed by atoms with E-state index in [-0.39, 0.29) is 5.92 Å². The van der Waals surface area contributed by atoms with Crippen LogP contribution in [0.25, 0.3) is 75.9 Å². The van der Waals surface area contributed by atoms with Crippen LogP contribution in [0.2, 0.25) is 0 Å². The molecule has 0 atom stereocenters. The molecule has 0 saturated carbocycles. The maximum atomic E-state index is 5.21. The lowest BCUT2D eigenvalue weighted by atomic mass is 9.94. The van der Waals surface area contributed by atoms with Crippen LogP contribution in [0.5, 0.6) is 0 Å². The minimum absolute atomic E-state index is 0.278. The first-order valence-electron chi connectivity index (χ1n) is 14.6. The number of aryl methyl sites for hydroxylation is 1. The van der Waals surface area contributed by atoms with Crippen LogP contribution in [0.1, 0.15) is 31.2 Å². The summed E-state index contributed by atoms with van der Waals surface area (Å²) in [6.07, 6.45) is 0. The predicted molar refractivity (Wildman–Crippen MR) is 181 cm³/mol. The maximum absolute atomic E-state index is 5.21. The van der Waals surface area contributed by atoms with Crippen LogP contribution in [-0.2, 0) is 0 Å². The van der Waals surface area contributed by atoms with E-state index in [4.69, 9.17) is 19.9 Å². The molecule has 43 heavy (non-hydrogen) atoms. The molecule has 0 aliphatic carbocycles. The van der Waals surface area contributed by atoms with Crippen LogP contribution in [0, 0.1) is 6.92 Å². The highest BCUT2D eigenvalue weighted by atomic mass is 32.1. The van der Waals surface area contributed by atoms with E-state index >= 15 is 0 Å². The standard InChI is InChI=1S/C38H28N4S/c1-22(2)31-21-30(28-19-18-24-17-16-23(3)39-33(24)35(28)40-31)26-12-9-13-27(20-26)34-37-36(29-14-7-8-15-32(29)43-37)42-38(41-34)25-10-5-4-6-11-25/h4-22H,1-3H3. The molecule has 0 spiro atoms. The smallest absolute Gasteiger partial charge is 0.160 e. The van der Waals surface area contributed by atoms with Crippen molar-refractivity contribution in [2.24, 2.45) is 0 Å². The molecule has 8 rings (SSSR count). The number of rotatable bonds is 4. The van der Waals surface area contributed by atoms with Crippen LogP contribution in [0.15, 0.2) is 109 Å². The molecule has 5 heteroatoms. The van der Waals surface area contributed by atoms with Crippen molar-refractivity contribution in [3.63, 3.8) is 0 Å². The van der Waals surface area contributed by atoms with Crippen molar-refractivity contribution < 1.29 is 0 Å². The zero-order valence-corrected chi connectivity index (χ0v) is 25.0. The molecule has 8 aromatic rings. The number of hydrogen-bond acceptors (Lipinski definition) is 5. The molecular formula is C38H28N4S. The monoisotopic (exact) mass is 572 g/mol. The second kappa shape index (κ2) is 10.1. The predicted octanol–water partition coefficient (Wildman–Crippen LogP) is 10.4. The molecule has 4 heterocycles. The van der Waals surface area contributed by atoms with Crippen molar-refractivity contribution in [3.8, 4) is 33.8 Å². The fourth-order valence-electron chi connectivity index (χ4n) is 5.86. The van der Waals surface area contributed by atoms with E-state index in [1.807, 2.05) is 25.1 Å². The summed E-state index contributed by atoms with van der Waals surface area (Å²) in [7, 11) is 0. The summed E-state index contributed by atoms with van der Waals surface area (Å²) in [5, 5.41) is 3.37. The van der Waals surface area contributed by atoms with Gasteiger partial charge in [0.15, 0.2) is 5.82 Å². The lowest BCUT2D eigenvalue weighted by molar-refractivity contribution is 0.831. The third kappa shape index (κ3) is 4.36. The van der Waals surface area contributed by atoms with E-state index in [0.717, 1.165) is 82.6 Å². The molecule has 4 aromatic carbocycles. The van der Waals surface area contributed by atoms with Gasteiger partial charge in [-0.05, 0) is 48.2 Å². The molecule has 4 aromatic heterocycles. The van der Waals surface area contributed by atoms with Gasteiger partial charge in [0.25, 0.3) is 0 Å². The Bertz CT molecular complexity index is 2340. The van der Waals surface area contributed by atoms with Gasteiger partial charge in [-0.1, -0.05) is 98.8 Å². The molecule has 0 N–H and O–H groups in total. The van der Waals surface area contributed by atoms with Gasteiger partial charge in [0, 0.05) is 43.4 Å². The molecule has 4 nitrogen and oxygen atoms in total. The second-order valence-corrected chi connectivity index (χ2v) is 12.4. The van der Waals surface area contributed by atoms with E-state index in [1.54, 1.807) is 11.3 Å². The summed E-state index contributed by atoms with van der Waals surface area (Å²) >= 11 is 1.76. The van der Waals surface area contributed by atoms with Gasteiger partial charge in [-0.25, -0.2) is 9.97 Å². The molecule has 0 aliphatic heterocycles. The molecule has 0 bridgehead atoms. The van der Waals surface area contributed by atoms with Gasteiger partial charge >= 0.3 is 0 Å². The highest BCUT2D eigenvalue weighted by Gasteiger charge is 2.18. The minimum atomic E-state index is 0.278. The van der Waals surface area contributed by atoms with Crippen molar-refractivity contribution in [1.29, 1.82) is 0 Å². The van der Waals surface area contributed by atoms with Gasteiger partial charge in [-0.3, -0.25) is 9.97 Å². The summed E-state index contributed by atoms with van der Waals surface area (Å²) in [5.74, 6) is 1.02. The number of benzene rings is 4. The van der Waals surface area contributed by atoms with Crippen molar-refractivity contribution in [2.45, 2.75) is 26.7 Å². The maximum Gasteiger partial charge on any atom is 0.160 e. The van der Waals surface area contributed by atoms with Crippen molar-refractivity contribution in [1.82, 2.24) is 19.9 Å². The Morgan fingerprint density at radius 2 is 1.35 bits per heavy atom. The first-order valence-corrected chi connectivity index (χ1v) is 15.4. The van der Waals surface area contributed by atoms with Crippen LogP contribution in [0.3, 0.4) is 0 Å². The van der Waals surface area contributed by atoms with E-state index in [9.17, 15) is 0 Å². The normalized spacial score (nSPS) is 11.8. The van der Waals surface area contributed by atoms with Gasteiger partial charge in [0.05, 0.1) is 26.9 Å². The molecule has 206 valence electrons. The van der Waals surface area contributed by atoms with Crippen molar-refractivity contribution >= 4 is 53.4 Å². The van der Waals surface area contributed by atoms with Crippen LogP contribution in [0.4, 0.5) is 0 Å². The quantitative estimate of drug-likeness (QED) is 0.197. The topological polar surface area (TPSA) is 51.6 Å². The Morgan fingerprint density at radius 1 is 0.581 bits per heavy atom. The first kappa shape index (κ1) is 25.7. The fourth-order valence-corrected chi connectivity index (χ4v) is 7.01. The van der Waals surface area contributed by atoms with Crippen molar-refractivity contribution in [2.75, 3.05) is 0 Å². The third-order valence-corrected chi connectivity index (χ3v) is 9.25. The Kier molecular flexibility index (Phi) is 6.02. The van der Waals surface area contributed by atoms with Gasteiger partial charge in [0.1, 0.15) is 0 Å². The highest BCUT2D eigenvalue weighted by Crippen LogP contribution is 2.41. The molecule has 0 fully saturated rings. The third-order valence-electron chi connectivity index (χ3n) is 8.09. The SMILES string of the molecule is Cc1ccc2ccc3c(-c4cccc(-c5nc(-c6ccccc6)nc6c5sc5ccccc56)c4)cc(C(C)C)nc3c2n1. The Hall–Kier alpha value is -5.00. The highest BCUT2D eigenvalue weighted by molar-refractivity contribution is 7.26. The number of fused-ring (bicyclic) bond motifs is 6. The molecule has 0 amide bonds. The van der Waals surface area contributed by atoms with E-state index in [0.29, 0.717) is 0 Å². The molecule has 0 saturated heterocycles. The number of aromatic nitrogens is 4. The molecule has 0 aliphatic rings. The van der Waals surface area contributed by atoms with E-state index in [2.05, 4.69) is 105 Å². The van der Waals surface area contributed by atoms with Gasteiger partial charge in [-0.15, -0.1) is 11.3 Å². The Labute approximate surface area is 253 Å². The Balaban J connectivity index is 1.39. The average Bonchev–Trinajstić information content (AvgIpc) is 3.43. The van der Waals surface area contributed by atoms with Gasteiger partial charge in [0.2, 0.25) is 0 Å². The summed E-state index contributed by atoms with van der Waals surface area (Å²) in [4.78, 5) is 20.4. The van der Waals surface area contributed by atoms with Gasteiger partial charge < -0.3 is 0 Å². The van der Waals surface area contributed by atoms with Crippen LogP contribution in [-0.4, -0.2) is 19.9 Å². The van der Waals surface area contributed by atoms with Crippen molar-refractivity contribution in [3.05, 3.63) is 121 Å². The largest absolute Gasteiger partial charge is 0.251 e. The molecule has 0 radical (unpaired) electrons. The molecule has 0 unspecified atom stereocenters. The summed E-state index contributed by atoms with van der Waals surface area (Å²) in [6, 6.07) is 38.3.